The summed E-state index contributed by atoms with van der Waals surface area (Å²) in [6.07, 6.45) is 0. The van der Waals surface area contributed by atoms with Crippen LogP contribution in [0.2, 0.25) is 0 Å². The molecule has 1 heterocycles. The van der Waals surface area contributed by atoms with Gasteiger partial charge in [-0.15, -0.1) is 0 Å². The Bertz CT molecular complexity index is 632. The van der Waals surface area contributed by atoms with E-state index in [4.69, 9.17) is 10.6 Å². The number of nitrogen functional groups attached to an aromatic ring is 1. The summed E-state index contributed by atoms with van der Waals surface area (Å²) in [7, 11) is 0. The van der Waals surface area contributed by atoms with Gasteiger partial charge in [0.2, 0.25) is 0 Å². The molecule has 6 heteroatoms. The first kappa shape index (κ1) is 14.0. The predicted molar refractivity (Wildman–Crippen MR) is 71.4 cm³/mol. The number of pyridine rings is 1. The van der Waals surface area contributed by atoms with Crippen molar-refractivity contribution in [3.63, 3.8) is 0 Å². The number of hydrazine groups is 1. The first-order valence-corrected chi connectivity index (χ1v) is 5.96. The quantitative estimate of drug-likeness (QED) is 0.506. The fourth-order valence-electron chi connectivity index (χ4n) is 1.64. The van der Waals surface area contributed by atoms with E-state index in [0.29, 0.717) is 11.3 Å². The number of aromatic nitrogens is 1. The van der Waals surface area contributed by atoms with Gasteiger partial charge in [-0.3, -0.25) is 10.2 Å². The molecule has 0 saturated heterocycles. The molecule has 104 valence electrons. The zero-order valence-corrected chi connectivity index (χ0v) is 10.9. The molecule has 5 nitrogen and oxygen atoms in total. The number of nitrogens with two attached hydrogens (primary N) is 1. The van der Waals surface area contributed by atoms with E-state index in [1.165, 1.54) is 6.07 Å². The van der Waals surface area contributed by atoms with Gasteiger partial charge in [-0.25, -0.2) is 15.2 Å². The van der Waals surface area contributed by atoms with E-state index >= 15 is 0 Å². The minimum absolute atomic E-state index is 0.0616. The maximum absolute atomic E-state index is 13.7. The molecule has 0 aliphatic heterocycles. The van der Waals surface area contributed by atoms with Crippen LogP contribution in [0.1, 0.15) is 21.7 Å². The molecule has 2 aromatic rings. The van der Waals surface area contributed by atoms with Crippen LogP contribution in [0.4, 0.5) is 4.39 Å². The number of benzene rings is 1. The molecule has 20 heavy (non-hydrogen) atoms. The summed E-state index contributed by atoms with van der Waals surface area (Å²) in [5.41, 5.74) is 3.19. The van der Waals surface area contributed by atoms with Crippen LogP contribution in [0.5, 0.6) is 5.75 Å². The van der Waals surface area contributed by atoms with Crippen LogP contribution in [-0.2, 0) is 6.61 Å². The number of nitrogens with zero attached hydrogens (tertiary/aromatic N) is 1. The molecule has 0 aliphatic rings. The van der Waals surface area contributed by atoms with E-state index in [9.17, 15) is 9.18 Å². The summed E-state index contributed by atoms with van der Waals surface area (Å²) in [5, 5.41) is 0. The van der Waals surface area contributed by atoms with Gasteiger partial charge in [0.25, 0.3) is 5.91 Å². The Kier molecular flexibility index (Phi) is 4.27. The highest BCUT2D eigenvalue weighted by Gasteiger charge is 2.08. The van der Waals surface area contributed by atoms with Gasteiger partial charge in [-0.2, -0.15) is 0 Å². The van der Waals surface area contributed by atoms with Gasteiger partial charge in [-0.1, -0.05) is 18.2 Å². The second-order valence-corrected chi connectivity index (χ2v) is 4.16. The average Bonchev–Trinajstić information content (AvgIpc) is 2.48. The normalized spacial score (nSPS) is 10.2. The number of aryl methyl sites for hydroxylation is 1. The number of carbonyl (C=O) groups is 1. The summed E-state index contributed by atoms with van der Waals surface area (Å²) in [6.45, 7) is 1.72. The van der Waals surface area contributed by atoms with Gasteiger partial charge < -0.3 is 4.74 Å². The van der Waals surface area contributed by atoms with E-state index in [1.807, 2.05) is 5.43 Å². The lowest BCUT2D eigenvalue weighted by Gasteiger charge is -2.08. The van der Waals surface area contributed by atoms with Crippen molar-refractivity contribution in [2.24, 2.45) is 5.84 Å². The van der Waals surface area contributed by atoms with Gasteiger partial charge in [0.1, 0.15) is 12.3 Å². The maximum atomic E-state index is 13.7. The molecule has 2 rings (SSSR count). The van der Waals surface area contributed by atoms with Gasteiger partial charge in [-0.05, 0) is 30.7 Å². The number of ether oxygens (including phenoxy) is 1. The lowest BCUT2D eigenvalue weighted by atomic mass is 10.2. The molecule has 1 amide bonds. The first-order valence-electron chi connectivity index (χ1n) is 5.96. The Morgan fingerprint density at radius 1 is 1.35 bits per heavy atom. The van der Waals surface area contributed by atoms with Crippen LogP contribution >= 0.6 is 0 Å². The molecule has 1 aromatic carbocycles. The van der Waals surface area contributed by atoms with E-state index < -0.39 is 11.7 Å². The van der Waals surface area contributed by atoms with E-state index in [1.54, 1.807) is 37.3 Å². The minimum Gasteiger partial charge on any atom is -0.484 e. The third kappa shape index (κ3) is 3.10. The molecular weight excluding hydrogens is 261 g/mol. The molecule has 0 fully saturated rings. The number of amides is 1. The lowest BCUT2D eigenvalue weighted by Crippen LogP contribution is -2.30. The Labute approximate surface area is 115 Å². The number of hydrogen-bond acceptors (Lipinski definition) is 4. The van der Waals surface area contributed by atoms with Crippen molar-refractivity contribution in [2.45, 2.75) is 13.5 Å². The number of carbonyl (C=O) groups excluding carboxylic acids is 1. The summed E-state index contributed by atoms with van der Waals surface area (Å²) in [5.74, 6) is 4.30. The third-order valence-corrected chi connectivity index (χ3v) is 2.70. The average molecular weight is 275 g/mol. The zero-order valence-electron chi connectivity index (χ0n) is 10.9. The highest BCUT2D eigenvalue weighted by atomic mass is 19.1. The van der Waals surface area contributed by atoms with E-state index in [2.05, 4.69) is 4.98 Å². The molecule has 0 spiro atoms. The van der Waals surface area contributed by atoms with Gasteiger partial charge in [0.05, 0.1) is 5.69 Å². The van der Waals surface area contributed by atoms with Crippen LogP contribution in [-0.4, -0.2) is 10.9 Å². The number of halogens is 1. The van der Waals surface area contributed by atoms with Crippen molar-refractivity contribution in [3.8, 4) is 5.75 Å². The largest absolute Gasteiger partial charge is 0.484 e. The fraction of sp³-hybridized carbons (Fsp3) is 0.143. The molecule has 0 unspecified atom stereocenters. The van der Waals surface area contributed by atoms with Crippen molar-refractivity contribution in [3.05, 3.63) is 59.2 Å². The summed E-state index contributed by atoms with van der Waals surface area (Å²) >= 11 is 0. The third-order valence-electron chi connectivity index (χ3n) is 2.70. The van der Waals surface area contributed by atoms with Crippen molar-refractivity contribution in [1.82, 2.24) is 10.4 Å². The van der Waals surface area contributed by atoms with Crippen molar-refractivity contribution in [1.29, 1.82) is 0 Å². The Morgan fingerprint density at radius 3 is 2.85 bits per heavy atom. The second kappa shape index (κ2) is 6.12. The van der Waals surface area contributed by atoms with Crippen molar-refractivity contribution >= 4 is 5.91 Å². The Hall–Kier alpha value is -2.47. The molecular formula is C14H14FN3O2. The van der Waals surface area contributed by atoms with Crippen molar-refractivity contribution < 1.29 is 13.9 Å². The zero-order chi connectivity index (χ0) is 14.5. The molecule has 0 bridgehead atoms. The SMILES string of the molecule is Cc1cccc(OCc2cccc(C(=O)NN)n2)c1F. The molecule has 0 atom stereocenters. The minimum atomic E-state index is -0.492. The van der Waals surface area contributed by atoms with Crippen LogP contribution < -0.4 is 16.0 Å². The van der Waals surface area contributed by atoms with Crippen molar-refractivity contribution in [2.75, 3.05) is 0 Å². The highest BCUT2D eigenvalue weighted by molar-refractivity contribution is 5.91. The molecule has 0 saturated carbocycles. The molecule has 0 aliphatic carbocycles. The fourth-order valence-corrected chi connectivity index (χ4v) is 1.64. The van der Waals surface area contributed by atoms with Crippen LogP contribution in [0.25, 0.3) is 0 Å². The first-order chi connectivity index (χ1) is 9.61. The summed E-state index contributed by atoms with van der Waals surface area (Å²) in [6, 6.07) is 9.77. The molecule has 1 aromatic heterocycles. The second-order valence-electron chi connectivity index (χ2n) is 4.16. The van der Waals surface area contributed by atoms with Gasteiger partial charge in [0, 0.05) is 0 Å². The molecule has 3 N–H and O–H groups in total. The summed E-state index contributed by atoms with van der Waals surface area (Å²) in [4.78, 5) is 15.4. The standard InChI is InChI=1S/C14H14FN3O2/c1-9-4-2-7-12(13(9)15)20-8-10-5-3-6-11(17-10)14(19)18-16/h2-7H,8,16H2,1H3,(H,18,19). The van der Waals surface area contributed by atoms with Crippen LogP contribution in [0.3, 0.4) is 0 Å². The summed E-state index contributed by atoms with van der Waals surface area (Å²) < 4.78 is 19.1. The van der Waals surface area contributed by atoms with Crippen LogP contribution in [0.15, 0.2) is 36.4 Å². The smallest absolute Gasteiger partial charge is 0.283 e. The maximum Gasteiger partial charge on any atom is 0.283 e. The highest BCUT2D eigenvalue weighted by Crippen LogP contribution is 2.20. The predicted octanol–water partition coefficient (Wildman–Crippen LogP) is 1.71. The topological polar surface area (TPSA) is 77.2 Å². The number of nitrogens with one attached hydrogen (secondary N) is 1. The molecule has 0 radical (unpaired) electrons. The lowest BCUT2D eigenvalue weighted by molar-refractivity contribution is 0.0948. The van der Waals surface area contributed by atoms with Gasteiger partial charge >= 0.3 is 0 Å². The van der Waals surface area contributed by atoms with E-state index in [-0.39, 0.29) is 18.1 Å². The number of hydrogen-bond donors (Lipinski definition) is 2. The van der Waals surface area contributed by atoms with E-state index in [0.717, 1.165) is 0 Å². The Balaban J connectivity index is 2.11. The monoisotopic (exact) mass is 275 g/mol. The number of rotatable bonds is 4. The van der Waals surface area contributed by atoms with Gasteiger partial charge in [0.15, 0.2) is 11.6 Å². The Morgan fingerprint density at radius 2 is 2.10 bits per heavy atom. The van der Waals surface area contributed by atoms with Crippen LogP contribution in [0, 0.1) is 12.7 Å².